The van der Waals surface area contributed by atoms with Crippen LogP contribution in [-0.2, 0) is 20.7 Å². The molecule has 25 heavy (non-hydrogen) atoms. The lowest BCUT2D eigenvalue weighted by molar-refractivity contribution is -0.144. The van der Waals surface area contributed by atoms with Gasteiger partial charge in [0.1, 0.15) is 6.04 Å². The first-order valence-corrected chi connectivity index (χ1v) is 7.65. The molecule has 2 atom stereocenters. The number of ether oxygens (including phenoxy) is 1. The maximum Gasteiger partial charge on any atom is 0.326 e. The fourth-order valence-corrected chi connectivity index (χ4v) is 2.47. The van der Waals surface area contributed by atoms with Crippen LogP contribution in [0.15, 0.2) is 54.6 Å². The number of amides is 1. The molecule has 0 radical (unpaired) electrons. The molecule has 0 aromatic heterocycles. The van der Waals surface area contributed by atoms with Gasteiger partial charge < -0.3 is 15.2 Å². The van der Waals surface area contributed by atoms with Crippen LogP contribution in [0.1, 0.15) is 22.8 Å². The molecule has 0 aliphatic heterocycles. The van der Waals surface area contributed by atoms with Crippen molar-refractivity contribution in [2.75, 3.05) is 7.11 Å². The van der Waals surface area contributed by atoms with Crippen molar-refractivity contribution in [3.05, 3.63) is 71.3 Å². The molecule has 6 heteroatoms. The summed E-state index contributed by atoms with van der Waals surface area (Å²) >= 11 is 0. The zero-order valence-corrected chi connectivity index (χ0v) is 13.7. The summed E-state index contributed by atoms with van der Waals surface area (Å²) in [6.45, 7) is 0. The smallest absolute Gasteiger partial charge is 0.326 e. The summed E-state index contributed by atoms with van der Waals surface area (Å²) in [5.41, 5.74) is 1.73. The number of aliphatic carboxylic acids is 1. The molecule has 2 rings (SSSR count). The van der Waals surface area contributed by atoms with E-state index < -0.39 is 24.0 Å². The molecule has 1 amide bonds. The van der Waals surface area contributed by atoms with E-state index in [2.05, 4.69) is 5.32 Å². The number of methoxy groups -OCH3 is 1. The maximum atomic E-state index is 12.5. The highest BCUT2D eigenvalue weighted by Gasteiger charge is 2.26. The Labute approximate surface area is 145 Å². The van der Waals surface area contributed by atoms with Crippen LogP contribution in [0.4, 0.5) is 0 Å². The molecular formula is C19H18N2O4. The normalized spacial score (nSPS) is 12.6. The Morgan fingerprint density at radius 2 is 1.92 bits per heavy atom. The molecule has 0 fully saturated rings. The lowest BCUT2D eigenvalue weighted by atomic mass is 10.0. The average molecular weight is 338 g/mol. The van der Waals surface area contributed by atoms with E-state index in [9.17, 15) is 14.7 Å². The number of carbonyl (C=O) groups is 2. The Hall–Kier alpha value is -3.17. The number of rotatable bonds is 7. The molecule has 0 bridgehead atoms. The Morgan fingerprint density at radius 3 is 2.52 bits per heavy atom. The van der Waals surface area contributed by atoms with E-state index in [1.165, 1.54) is 7.11 Å². The first-order valence-electron chi connectivity index (χ1n) is 7.65. The van der Waals surface area contributed by atoms with Crippen molar-refractivity contribution in [3.8, 4) is 6.07 Å². The summed E-state index contributed by atoms with van der Waals surface area (Å²) in [5.74, 6) is -1.68. The van der Waals surface area contributed by atoms with Gasteiger partial charge in [0, 0.05) is 13.5 Å². The van der Waals surface area contributed by atoms with Crippen LogP contribution in [0.3, 0.4) is 0 Å². The van der Waals surface area contributed by atoms with Gasteiger partial charge in [0.2, 0.25) is 0 Å². The first-order chi connectivity index (χ1) is 12.0. The summed E-state index contributed by atoms with van der Waals surface area (Å²) in [4.78, 5) is 24.0. The number of nitrogens with one attached hydrogen (secondary N) is 1. The quantitative estimate of drug-likeness (QED) is 0.805. The molecule has 0 aliphatic rings. The Morgan fingerprint density at radius 1 is 1.20 bits per heavy atom. The van der Waals surface area contributed by atoms with E-state index in [0.29, 0.717) is 16.7 Å². The molecule has 0 unspecified atom stereocenters. The molecule has 6 nitrogen and oxygen atoms in total. The Kier molecular flexibility index (Phi) is 6.26. The average Bonchev–Trinajstić information content (AvgIpc) is 2.62. The zero-order valence-electron chi connectivity index (χ0n) is 13.7. The van der Waals surface area contributed by atoms with Crippen LogP contribution in [-0.4, -0.2) is 30.1 Å². The standard InChI is InChI=1S/C19H18N2O4/c1-25-17(15-8-3-2-4-9-15)18(22)21-16(19(23)24)11-13-6-5-7-14(10-13)12-20/h2-10,16-17H,11H2,1H3,(H,21,22)(H,23,24)/t16-,17-/m1/s1. The van der Waals surface area contributed by atoms with Crippen molar-refractivity contribution in [3.63, 3.8) is 0 Å². The molecular weight excluding hydrogens is 320 g/mol. The van der Waals surface area contributed by atoms with Gasteiger partial charge in [0.25, 0.3) is 5.91 Å². The van der Waals surface area contributed by atoms with Gasteiger partial charge in [0.15, 0.2) is 6.10 Å². The van der Waals surface area contributed by atoms with E-state index in [1.54, 1.807) is 48.5 Å². The number of carbonyl (C=O) groups excluding carboxylic acids is 1. The van der Waals surface area contributed by atoms with Crippen molar-refractivity contribution >= 4 is 11.9 Å². The van der Waals surface area contributed by atoms with Crippen LogP contribution in [0.25, 0.3) is 0 Å². The van der Waals surface area contributed by atoms with Crippen LogP contribution < -0.4 is 5.32 Å². The van der Waals surface area contributed by atoms with Crippen molar-refractivity contribution in [1.82, 2.24) is 5.32 Å². The van der Waals surface area contributed by atoms with Gasteiger partial charge in [-0.2, -0.15) is 5.26 Å². The summed E-state index contributed by atoms with van der Waals surface area (Å²) in [5, 5.41) is 20.8. The van der Waals surface area contributed by atoms with Crippen LogP contribution in [0.5, 0.6) is 0 Å². The minimum Gasteiger partial charge on any atom is -0.480 e. The largest absolute Gasteiger partial charge is 0.480 e. The monoisotopic (exact) mass is 338 g/mol. The second-order valence-corrected chi connectivity index (χ2v) is 5.44. The third-order valence-corrected chi connectivity index (χ3v) is 3.69. The highest BCUT2D eigenvalue weighted by Crippen LogP contribution is 2.17. The molecule has 0 heterocycles. The fourth-order valence-electron chi connectivity index (χ4n) is 2.47. The zero-order chi connectivity index (χ0) is 18.2. The molecule has 0 aliphatic carbocycles. The van der Waals surface area contributed by atoms with Crippen molar-refractivity contribution < 1.29 is 19.4 Å². The molecule has 0 saturated heterocycles. The second kappa shape index (κ2) is 8.62. The van der Waals surface area contributed by atoms with Crippen molar-refractivity contribution in [1.29, 1.82) is 5.26 Å². The second-order valence-electron chi connectivity index (χ2n) is 5.44. The molecule has 128 valence electrons. The number of nitriles is 1. The summed E-state index contributed by atoms with van der Waals surface area (Å²) in [6.07, 6.45) is -0.824. The minimum absolute atomic E-state index is 0.0712. The highest BCUT2D eigenvalue weighted by atomic mass is 16.5. The van der Waals surface area contributed by atoms with E-state index in [0.717, 1.165) is 0 Å². The van der Waals surface area contributed by atoms with Gasteiger partial charge in [-0.1, -0.05) is 42.5 Å². The predicted octanol–water partition coefficient (Wildman–Crippen LogP) is 2.06. The third-order valence-electron chi connectivity index (χ3n) is 3.69. The summed E-state index contributed by atoms with van der Waals surface area (Å²) in [7, 11) is 1.39. The molecule has 2 N–H and O–H groups in total. The topological polar surface area (TPSA) is 99.4 Å². The van der Waals surface area contributed by atoms with E-state index in [-0.39, 0.29) is 6.42 Å². The summed E-state index contributed by atoms with van der Waals surface area (Å²) in [6, 6.07) is 16.3. The summed E-state index contributed by atoms with van der Waals surface area (Å²) < 4.78 is 5.22. The van der Waals surface area contributed by atoms with E-state index in [4.69, 9.17) is 10.00 Å². The van der Waals surface area contributed by atoms with E-state index in [1.807, 2.05) is 12.1 Å². The SMILES string of the molecule is CO[C@@H](C(=O)N[C@H](Cc1cccc(C#N)c1)C(=O)O)c1ccccc1. The number of hydrogen-bond donors (Lipinski definition) is 2. The van der Waals surface area contributed by atoms with Gasteiger partial charge in [-0.3, -0.25) is 4.79 Å². The predicted molar refractivity (Wildman–Crippen MR) is 90.6 cm³/mol. The van der Waals surface area contributed by atoms with Crippen molar-refractivity contribution in [2.24, 2.45) is 0 Å². The van der Waals surface area contributed by atoms with Gasteiger partial charge in [0.05, 0.1) is 11.6 Å². The number of benzene rings is 2. The van der Waals surface area contributed by atoms with Crippen LogP contribution >= 0.6 is 0 Å². The minimum atomic E-state index is -1.15. The Bertz CT molecular complexity index is 784. The highest BCUT2D eigenvalue weighted by molar-refractivity contribution is 5.87. The van der Waals surface area contributed by atoms with Gasteiger partial charge in [-0.15, -0.1) is 0 Å². The van der Waals surface area contributed by atoms with Crippen molar-refractivity contribution in [2.45, 2.75) is 18.6 Å². The lowest BCUT2D eigenvalue weighted by Gasteiger charge is -2.20. The molecule has 0 saturated carbocycles. The number of nitrogens with zero attached hydrogens (tertiary/aromatic N) is 1. The lowest BCUT2D eigenvalue weighted by Crippen LogP contribution is -2.44. The fraction of sp³-hybridized carbons (Fsp3) is 0.211. The van der Waals surface area contributed by atoms with Crippen LogP contribution in [0, 0.1) is 11.3 Å². The van der Waals surface area contributed by atoms with E-state index >= 15 is 0 Å². The number of carboxylic acid groups (broad SMARTS) is 1. The first kappa shape index (κ1) is 18.2. The third kappa shape index (κ3) is 4.90. The van der Waals surface area contributed by atoms with Crippen LogP contribution in [0.2, 0.25) is 0 Å². The van der Waals surface area contributed by atoms with Gasteiger partial charge in [-0.25, -0.2) is 4.79 Å². The maximum absolute atomic E-state index is 12.5. The number of hydrogen-bond acceptors (Lipinski definition) is 4. The Balaban J connectivity index is 2.13. The molecule has 0 spiro atoms. The molecule has 2 aromatic carbocycles. The van der Waals surface area contributed by atoms with Gasteiger partial charge in [-0.05, 0) is 23.3 Å². The van der Waals surface area contributed by atoms with Gasteiger partial charge >= 0.3 is 5.97 Å². The number of carboxylic acids is 1. The molecule has 2 aromatic rings.